The molecule has 0 bridgehead atoms. The maximum absolute atomic E-state index is 12.5. The van der Waals surface area contributed by atoms with Crippen LogP contribution in [0.25, 0.3) is 0 Å². The molecule has 0 atom stereocenters. The molecule has 6 nitrogen and oxygen atoms in total. The van der Waals surface area contributed by atoms with Gasteiger partial charge in [-0.1, -0.05) is 0 Å². The summed E-state index contributed by atoms with van der Waals surface area (Å²) in [6, 6.07) is 5.85. The summed E-state index contributed by atoms with van der Waals surface area (Å²) in [7, 11) is 0. The predicted octanol–water partition coefficient (Wildman–Crippen LogP) is 4.24. The summed E-state index contributed by atoms with van der Waals surface area (Å²) in [5.41, 5.74) is 3.51. The zero-order valence-electron chi connectivity index (χ0n) is 15.6. The molecule has 136 valence electrons. The highest BCUT2D eigenvalue weighted by Crippen LogP contribution is 2.46. The first-order chi connectivity index (χ1) is 12.5. The Hall–Kier alpha value is -2.81. The predicted molar refractivity (Wildman–Crippen MR) is 96.5 cm³/mol. The van der Waals surface area contributed by atoms with E-state index in [-0.39, 0.29) is 0 Å². The van der Waals surface area contributed by atoms with Crippen LogP contribution in [0.1, 0.15) is 65.5 Å². The molecule has 1 aliphatic carbocycles. The van der Waals surface area contributed by atoms with Gasteiger partial charge in [-0.2, -0.15) is 10.4 Å². The van der Waals surface area contributed by atoms with Crippen molar-refractivity contribution in [1.82, 2.24) is 9.78 Å². The molecule has 0 spiro atoms. The molecule has 1 fully saturated rings. The molecular formula is C20H23N3O3. The first kappa shape index (κ1) is 18.0. The van der Waals surface area contributed by atoms with E-state index in [1.54, 1.807) is 11.6 Å². The fourth-order valence-corrected chi connectivity index (χ4v) is 3.09. The van der Waals surface area contributed by atoms with Crippen LogP contribution in [0.2, 0.25) is 0 Å². The van der Waals surface area contributed by atoms with Crippen LogP contribution in [0.3, 0.4) is 0 Å². The largest absolute Gasteiger partial charge is 0.461 e. The zero-order valence-corrected chi connectivity index (χ0v) is 15.6. The molecule has 6 heteroatoms. The van der Waals surface area contributed by atoms with Crippen molar-refractivity contribution in [2.24, 2.45) is 0 Å². The van der Waals surface area contributed by atoms with Gasteiger partial charge in [0.25, 0.3) is 0 Å². The molecule has 1 aromatic carbocycles. The smallest absolute Gasteiger partial charge is 0.360 e. The van der Waals surface area contributed by atoms with E-state index in [1.165, 1.54) is 0 Å². The average Bonchev–Trinajstić information content (AvgIpc) is 3.37. The van der Waals surface area contributed by atoms with Crippen molar-refractivity contribution in [3.05, 3.63) is 40.2 Å². The van der Waals surface area contributed by atoms with Gasteiger partial charge in [0.15, 0.2) is 11.4 Å². The number of carbonyl (C=O) groups is 1. The number of carbonyl (C=O) groups excluding carboxylic acids is 1. The van der Waals surface area contributed by atoms with Gasteiger partial charge in [0.05, 0.1) is 18.2 Å². The van der Waals surface area contributed by atoms with Crippen molar-refractivity contribution >= 4 is 5.97 Å². The van der Waals surface area contributed by atoms with Gasteiger partial charge in [-0.25, -0.2) is 4.79 Å². The average molecular weight is 353 g/mol. The maximum Gasteiger partial charge on any atom is 0.360 e. The Balaban J connectivity index is 2.07. The van der Waals surface area contributed by atoms with E-state index in [9.17, 15) is 10.1 Å². The molecule has 0 radical (unpaired) electrons. The van der Waals surface area contributed by atoms with Crippen LogP contribution in [-0.2, 0) is 11.3 Å². The van der Waals surface area contributed by atoms with Crippen molar-refractivity contribution in [3.8, 4) is 17.6 Å². The lowest BCUT2D eigenvalue weighted by atomic mass is 10.0. The van der Waals surface area contributed by atoms with Gasteiger partial charge in [-0.15, -0.1) is 0 Å². The number of nitrogens with zero attached hydrogens (tertiary/aromatic N) is 3. The van der Waals surface area contributed by atoms with E-state index in [2.05, 4.69) is 11.2 Å². The second-order valence-corrected chi connectivity index (χ2v) is 6.52. The third-order valence-corrected chi connectivity index (χ3v) is 4.50. The summed E-state index contributed by atoms with van der Waals surface area (Å²) in [6.45, 7) is 8.32. The van der Waals surface area contributed by atoms with Gasteiger partial charge < -0.3 is 9.47 Å². The number of nitriles is 1. The minimum atomic E-state index is -0.425. The first-order valence-corrected chi connectivity index (χ1v) is 8.97. The molecular weight excluding hydrogens is 330 g/mol. The summed E-state index contributed by atoms with van der Waals surface area (Å²) in [4.78, 5) is 12.5. The Morgan fingerprint density at radius 2 is 1.96 bits per heavy atom. The van der Waals surface area contributed by atoms with Gasteiger partial charge >= 0.3 is 5.97 Å². The number of hydrogen-bond acceptors (Lipinski definition) is 5. The topological polar surface area (TPSA) is 77.1 Å². The SMILES string of the molecule is CCOC(=O)c1c(Oc2cc(C)c(C#N)c(C)c2)c(C2CC2)nn1CC. The number of benzene rings is 1. The molecule has 1 saturated carbocycles. The molecule has 2 aromatic rings. The van der Waals surface area contributed by atoms with Crippen molar-refractivity contribution in [2.45, 2.75) is 53.0 Å². The van der Waals surface area contributed by atoms with Gasteiger partial charge in [0.2, 0.25) is 0 Å². The first-order valence-electron chi connectivity index (χ1n) is 8.97. The Morgan fingerprint density at radius 3 is 2.46 bits per heavy atom. The summed E-state index contributed by atoms with van der Waals surface area (Å²) >= 11 is 0. The Labute approximate surface area is 153 Å². The van der Waals surface area contributed by atoms with E-state index in [4.69, 9.17) is 9.47 Å². The summed E-state index contributed by atoms with van der Waals surface area (Å²) in [5.74, 6) is 0.982. The van der Waals surface area contributed by atoms with E-state index >= 15 is 0 Å². The van der Waals surface area contributed by atoms with Crippen LogP contribution in [0, 0.1) is 25.2 Å². The van der Waals surface area contributed by atoms with Crippen molar-refractivity contribution < 1.29 is 14.3 Å². The highest BCUT2D eigenvalue weighted by atomic mass is 16.5. The standard InChI is InChI=1S/C20H23N3O3/c1-5-23-18(20(24)25-6-2)19(17(22-23)14-7-8-14)26-15-9-12(3)16(11-21)13(4)10-15/h9-10,14H,5-8H2,1-4H3. The van der Waals surface area contributed by atoms with Crippen molar-refractivity contribution in [1.29, 1.82) is 5.26 Å². The molecule has 1 heterocycles. The third kappa shape index (κ3) is 3.30. The molecule has 0 aliphatic heterocycles. The Kier molecular flexibility index (Phi) is 4.99. The molecule has 0 amide bonds. The monoisotopic (exact) mass is 353 g/mol. The fourth-order valence-electron chi connectivity index (χ4n) is 3.09. The van der Waals surface area contributed by atoms with Gasteiger partial charge in [0, 0.05) is 12.5 Å². The van der Waals surface area contributed by atoms with Crippen LogP contribution in [0.5, 0.6) is 11.5 Å². The molecule has 3 rings (SSSR count). The lowest BCUT2D eigenvalue weighted by Gasteiger charge is -2.11. The van der Waals surface area contributed by atoms with E-state index in [0.717, 1.165) is 29.7 Å². The van der Waals surface area contributed by atoms with Gasteiger partial charge in [-0.05, 0) is 63.8 Å². The summed E-state index contributed by atoms with van der Waals surface area (Å²) < 4.78 is 13.0. The van der Waals surface area contributed by atoms with Crippen LogP contribution < -0.4 is 4.74 Å². The summed E-state index contributed by atoms with van der Waals surface area (Å²) in [5, 5.41) is 13.9. The normalized spacial score (nSPS) is 13.3. The molecule has 1 aromatic heterocycles. The second-order valence-electron chi connectivity index (χ2n) is 6.52. The Morgan fingerprint density at radius 1 is 1.31 bits per heavy atom. The Bertz CT molecular complexity index is 865. The van der Waals surface area contributed by atoms with Crippen LogP contribution in [-0.4, -0.2) is 22.4 Å². The van der Waals surface area contributed by atoms with Gasteiger partial charge in [0.1, 0.15) is 11.4 Å². The molecule has 1 aliphatic rings. The minimum Gasteiger partial charge on any atom is -0.461 e. The number of hydrogen-bond donors (Lipinski definition) is 0. The quantitative estimate of drug-likeness (QED) is 0.726. The van der Waals surface area contributed by atoms with E-state index in [1.807, 2.05) is 32.9 Å². The highest BCUT2D eigenvalue weighted by molar-refractivity contribution is 5.91. The van der Waals surface area contributed by atoms with Gasteiger partial charge in [-0.3, -0.25) is 4.68 Å². The lowest BCUT2D eigenvalue weighted by molar-refractivity contribution is 0.0509. The second kappa shape index (κ2) is 7.20. The number of aryl methyl sites for hydroxylation is 3. The van der Waals surface area contributed by atoms with E-state index in [0.29, 0.717) is 41.8 Å². The number of ether oxygens (including phenoxy) is 2. The lowest BCUT2D eigenvalue weighted by Crippen LogP contribution is -2.13. The zero-order chi connectivity index (χ0) is 18.8. The fraction of sp³-hybridized carbons (Fsp3) is 0.450. The number of aromatic nitrogens is 2. The highest BCUT2D eigenvalue weighted by Gasteiger charge is 2.35. The van der Waals surface area contributed by atoms with Crippen LogP contribution >= 0.6 is 0 Å². The molecule has 0 unspecified atom stereocenters. The maximum atomic E-state index is 12.5. The molecule has 0 saturated heterocycles. The van der Waals surface area contributed by atoms with Crippen molar-refractivity contribution in [2.75, 3.05) is 6.61 Å². The minimum absolute atomic E-state index is 0.293. The third-order valence-electron chi connectivity index (χ3n) is 4.50. The molecule has 26 heavy (non-hydrogen) atoms. The van der Waals surface area contributed by atoms with Crippen LogP contribution in [0.4, 0.5) is 0 Å². The summed E-state index contributed by atoms with van der Waals surface area (Å²) in [6.07, 6.45) is 2.09. The van der Waals surface area contributed by atoms with Crippen LogP contribution in [0.15, 0.2) is 12.1 Å². The number of rotatable bonds is 6. The van der Waals surface area contributed by atoms with E-state index < -0.39 is 5.97 Å². The van der Waals surface area contributed by atoms with Crippen molar-refractivity contribution in [3.63, 3.8) is 0 Å². The number of esters is 1. The molecule has 0 N–H and O–H groups in total.